The Labute approximate surface area is 175 Å². The van der Waals surface area contributed by atoms with Gasteiger partial charge in [-0.25, -0.2) is 8.42 Å². The molecule has 0 aliphatic heterocycles. The first kappa shape index (κ1) is 20.0. The molecule has 29 heavy (non-hydrogen) atoms. The maximum absolute atomic E-state index is 12.8. The van der Waals surface area contributed by atoms with E-state index in [9.17, 15) is 13.2 Å². The summed E-state index contributed by atoms with van der Waals surface area (Å²) in [6.07, 6.45) is 4.60. The molecule has 0 aromatic heterocycles. The van der Waals surface area contributed by atoms with Gasteiger partial charge in [-0.15, -0.1) is 0 Å². The zero-order chi connectivity index (χ0) is 20.6. The lowest BCUT2D eigenvalue weighted by Crippen LogP contribution is -2.38. The number of methoxy groups -OCH3 is 1. The summed E-state index contributed by atoms with van der Waals surface area (Å²) in [7, 11) is -2.29. The number of hydrogen-bond acceptors (Lipinski definition) is 4. The van der Waals surface area contributed by atoms with E-state index in [-0.39, 0.29) is 33.1 Å². The Balaban J connectivity index is 1.50. The van der Waals surface area contributed by atoms with Crippen molar-refractivity contribution in [2.45, 2.75) is 36.6 Å². The maximum atomic E-state index is 12.8. The van der Waals surface area contributed by atoms with Crippen molar-refractivity contribution in [3.8, 4) is 5.75 Å². The fraction of sp³-hybridized carbons (Fsp3) is 0.381. The summed E-state index contributed by atoms with van der Waals surface area (Å²) in [6, 6.07) is 10.8. The molecule has 0 saturated heterocycles. The van der Waals surface area contributed by atoms with Crippen LogP contribution in [0.3, 0.4) is 0 Å². The van der Waals surface area contributed by atoms with E-state index in [1.807, 2.05) is 0 Å². The lowest BCUT2D eigenvalue weighted by Gasteiger charge is -2.23. The molecule has 0 spiro atoms. The maximum Gasteiger partial charge on any atom is 0.261 e. The first-order chi connectivity index (χ1) is 13.9. The SMILES string of the molecule is COc1ccc(S(=O)(=O)Nc2ccc(Cl)c(C(=O)N[C@@H]3C[C@@H]4CC[C@@H]3C4)c2)cc1. The van der Waals surface area contributed by atoms with Gasteiger partial charge in [0.05, 0.1) is 22.6 Å². The number of sulfonamides is 1. The van der Waals surface area contributed by atoms with Crippen molar-refractivity contribution in [1.29, 1.82) is 0 Å². The molecule has 2 aromatic carbocycles. The first-order valence-corrected chi connectivity index (χ1v) is 11.5. The molecular weight excluding hydrogens is 412 g/mol. The largest absolute Gasteiger partial charge is 0.497 e. The number of hydrogen-bond donors (Lipinski definition) is 2. The number of rotatable bonds is 6. The van der Waals surface area contributed by atoms with Crippen LogP contribution in [-0.2, 0) is 10.0 Å². The molecule has 2 aliphatic carbocycles. The second-order valence-corrected chi connectivity index (χ2v) is 9.82. The summed E-state index contributed by atoms with van der Waals surface area (Å²) >= 11 is 6.23. The molecule has 2 saturated carbocycles. The minimum absolute atomic E-state index is 0.0984. The second-order valence-electron chi connectivity index (χ2n) is 7.73. The van der Waals surface area contributed by atoms with Crippen molar-refractivity contribution in [1.82, 2.24) is 5.32 Å². The highest BCUT2D eigenvalue weighted by atomic mass is 35.5. The topological polar surface area (TPSA) is 84.5 Å². The van der Waals surface area contributed by atoms with Crippen LogP contribution < -0.4 is 14.8 Å². The molecule has 0 unspecified atom stereocenters. The summed E-state index contributed by atoms with van der Waals surface area (Å²) in [4.78, 5) is 12.9. The molecule has 154 valence electrons. The van der Waals surface area contributed by atoms with Crippen LogP contribution in [0.4, 0.5) is 5.69 Å². The minimum atomic E-state index is -3.80. The van der Waals surface area contributed by atoms with E-state index in [2.05, 4.69) is 10.0 Å². The molecule has 1 amide bonds. The molecular formula is C21H23ClN2O4S. The smallest absolute Gasteiger partial charge is 0.261 e. The van der Waals surface area contributed by atoms with Gasteiger partial charge in [0, 0.05) is 11.7 Å². The lowest BCUT2D eigenvalue weighted by molar-refractivity contribution is 0.0923. The third-order valence-electron chi connectivity index (χ3n) is 5.89. The van der Waals surface area contributed by atoms with Crippen LogP contribution in [0.2, 0.25) is 5.02 Å². The predicted octanol–water partition coefficient (Wildman–Crippen LogP) is 4.07. The van der Waals surface area contributed by atoms with Crippen molar-refractivity contribution in [3.63, 3.8) is 0 Å². The molecule has 2 N–H and O–H groups in total. The number of ether oxygens (including phenoxy) is 1. The highest BCUT2D eigenvalue weighted by Crippen LogP contribution is 2.44. The van der Waals surface area contributed by atoms with Gasteiger partial charge in [0.25, 0.3) is 15.9 Å². The van der Waals surface area contributed by atoms with Gasteiger partial charge in [-0.1, -0.05) is 18.0 Å². The number of carbonyl (C=O) groups is 1. The Hall–Kier alpha value is -2.25. The van der Waals surface area contributed by atoms with E-state index in [1.165, 1.54) is 50.3 Å². The Bertz CT molecular complexity index is 1020. The zero-order valence-electron chi connectivity index (χ0n) is 16.0. The Kier molecular flexibility index (Phi) is 5.44. The molecule has 4 rings (SSSR count). The molecule has 3 atom stereocenters. The van der Waals surface area contributed by atoms with Gasteiger partial charge in [0.1, 0.15) is 5.75 Å². The van der Waals surface area contributed by atoms with E-state index in [0.717, 1.165) is 12.8 Å². The molecule has 2 aliphatic rings. The quantitative estimate of drug-likeness (QED) is 0.717. The van der Waals surface area contributed by atoms with Crippen LogP contribution in [0.1, 0.15) is 36.0 Å². The lowest BCUT2D eigenvalue weighted by atomic mass is 9.95. The molecule has 0 radical (unpaired) electrons. The molecule has 2 bridgehead atoms. The third-order valence-corrected chi connectivity index (χ3v) is 7.61. The van der Waals surface area contributed by atoms with Gasteiger partial charge in [0.2, 0.25) is 0 Å². The second kappa shape index (κ2) is 7.88. The summed E-state index contributed by atoms with van der Waals surface area (Å²) in [5, 5.41) is 3.38. The highest BCUT2D eigenvalue weighted by molar-refractivity contribution is 7.92. The summed E-state index contributed by atoms with van der Waals surface area (Å²) in [5.74, 6) is 1.55. The standard InChI is InChI=1S/C21H23ClN2O4S/c1-28-16-5-7-17(8-6-16)29(26,27)24-15-4-9-19(22)18(12-15)21(25)23-20-11-13-2-3-14(20)10-13/h4-9,12-14,20,24H,2-3,10-11H2,1H3,(H,23,25)/t13-,14-,20-/m1/s1. The number of carbonyl (C=O) groups excluding carboxylic acids is 1. The van der Waals surface area contributed by atoms with Crippen molar-refractivity contribution < 1.29 is 17.9 Å². The zero-order valence-corrected chi connectivity index (χ0v) is 17.6. The number of fused-ring (bicyclic) bond motifs is 2. The number of anilines is 1. The average Bonchev–Trinajstić information content (AvgIpc) is 3.32. The van der Waals surface area contributed by atoms with Crippen molar-refractivity contribution >= 4 is 33.2 Å². The monoisotopic (exact) mass is 434 g/mol. The van der Waals surface area contributed by atoms with Crippen LogP contribution in [0, 0.1) is 11.8 Å². The first-order valence-electron chi connectivity index (χ1n) is 9.63. The van der Waals surface area contributed by atoms with E-state index in [0.29, 0.717) is 17.6 Å². The van der Waals surface area contributed by atoms with Gasteiger partial charge in [-0.3, -0.25) is 9.52 Å². The Morgan fingerprint density at radius 1 is 1.10 bits per heavy atom. The Morgan fingerprint density at radius 3 is 2.48 bits per heavy atom. The van der Waals surface area contributed by atoms with Crippen LogP contribution >= 0.6 is 11.6 Å². The fourth-order valence-corrected chi connectivity index (χ4v) is 5.65. The van der Waals surface area contributed by atoms with Crippen LogP contribution in [-0.4, -0.2) is 27.5 Å². The van der Waals surface area contributed by atoms with Crippen LogP contribution in [0.5, 0.6) is 5.75 Å². The van der Waals surface area contributed by atoms with E-state index in [4.69, 9.17) is 16.3 Å². The van der Waals surface area contributed by atoms with Crippen molar-refractivity contribution in [2.24, 2.45) is 11.8 Å². The normalized spacial score (nSPS) is 23.0. The number of halogens is 1. The van der Waals surface area contributed by atoms with Gasteiger partial charge in [0.15, 0.2) is 0 Å². The van der Waals surface area contributed by atoms with Gasteiger partial charge in [-0.05, 0) is 73.6 Å². The number of amides is 1. The Morgan fingerprint density at radius 2 is 1.86 bits per heavy atom. The van der Waals surface area contributed by atoms with E-state index >= 15 is 0 Å². The van der Waals surface area contributed by atoms with E-state index < -0.39 is 10.0 Å². The molecule has 2 aromatic rings. The highest BCUT2D eigenvalue weighted by Gasteiger charge is 2.40. The summed E-state index contributed by atoms with van der Waals surface area (Å²) < 4.78 is 32.9. The van der Waals surface area contributed by atoms with Gasteiger partial charge >= 0.3 is 0 Å². The predicted molar refractivity (Wildman–Crippen MR) is 112 cm³/mol. The fourth-order valence-electron chi connectivity index (χ4n) is 4.40. The summed E-state index contributed by atoms with van der Waals surface area (Å²) in [5.41, 5.74) is 0.549. The van der Waals surface area contributed by atoms with Crippen molar-refractivity contribution in [2.75, 3.05) is 11.8 Å². The van der Waals surface area contributed by atoms with Gasteiger partial charge < -0.3 is 10.1 Å². The molecule has 6 nitrogen and oxygen atoms in total. The minimum Gasteiger partial charge on any atom is -0.497 e. The molecule has 2 fully saturated rings. The number of nitrogens with one attached hydrogen (secondary N) is 2. The average molecular weight is 435 g/mol. The van der Waals surface area contributed by atoms with Crippen LogP contribution in [0.15, 0.2) is 47.4 Å². The van der Waals surface area contributed by atoms with E-state index in [1.54, 1.807) is 12.1 Å². The molecule has 0 heterocycles. The summed E-state index contributed by atoms with van der Waals surface area (Å²) in [6.45, 7) is 0. The van der Waals surface area contributed by atoms with Crippen molar-refractivity contribution in [3.05, 3.63) is 53.1 Å². The van der Waals surface area contributed by atoms with Crippen LogP contribution in [0.25, 0.3) is 0 Å². The van der Waals surface area contributed by atoms with Gasteiger partial charge in [-0.2, -0.15) is 0 Å². The third kappa shape index (κ3) is 4.21. The number of benzene rings is 2. The molecule has 8 heteroatoms.